The Hall–Kier alpha value is -1.32. The van der Waals surface area contributed by atoms with E-state index in [1.807, 2.05) is 6.92 Å². The van der Waals surface area contributed by atoms with Crippen LogP contribution in [0.3, 0.4) is 0 Å². The molecule has 0 saturated heterocycles. The Balaban J connectivity index is 2.29. The van der Waals surface area contributed by atoms with Gasteiger partial charge < -0.3 is 9.52 Å². The highest BCUT2D eigenvalue weighted by Crippen LogP contribution is 2.39. The number of carboxylic acid groups (broad SMARTS) is 1. The lowest BCUT2D eigenvalue weighted by atomic mass is 9.98. The second kappa shape index (κ2) is 4.90. The Bertz CT molecular complexity index is 411. The fourth-order valence-corrected chi connectivity index (χ4v) is 2.61. The van der Waals surface area contributed by atoms with Gasteiger partial charge in [0.2, 0.25) is 5.76 Å². The summed E-state index contributed by atoms with van der Waals surface area (Å²) in [5.41, 5.74) is 0.606. The quantitative estimate of drug-likeness (QED) is 0.873. The van der Waals surface area contributed by atoms with Crippen molar-refractivity contribution in [3.8, 4) is 0 Å². The highest BCUT2D eigenvalue weighted by Gasteiger charge is 2.31. The maximum atomic E-state index is 11.1. The highest BCUT2D eigenvalue weighted by atomic mass is 16.4. The van der Waals surface area contributed by atoms with E-state index < -0.39 is 5.97 Å². The van der Waals surface area contributed by atoms with Gasteiger partial charge in [0.15, 0.2) is 5.89 Å². The molecule has 0 aliphatic heterocycles. The highest BCUT2D eigenvalue weighted by molar-refractivity contribution is 5.85. The predicted octanol–water partition coefficient (Wildman–Crippen LogP) is 3.23. The third-order valence-corrected chi connectivity index (χ3v) is 3.57. The summed E-state index contributed by atoms with van der Waals surface area (Å²) >= 11 is 0. The molecule has 2 unspecified atom stereocenters. The first kappa shape index (κ1) is 12.1. The van der Waals surface area contributed by atoms with Crippen molar-refractivity contribution in [1.29, 1.82) is 0 Å². The van der Waals surface area contributed by atoms with E-state index in [1.165, 1.54) is 12.8 Å². The molecule has 4 nitrogen and oxygen atoms in total. The van der Waals surface area contributed by atoms with E-state index in [1.54, 1.807) is 0 Å². The molecule has 4 heteroatoms. The summed E-state index contributed by atoms with van der Waals surface area (Å²) in [4.78, 5) is 15.5. The van der Waals surface area contributed by atoms with Gasteiger partial charge in [-0.15, -0.1) is 0 Å². The van der Waals surface area contributed by atoms with Crippen LogP contribution in [-0.4, -0.2) is 16.1 Å². The topological polar surface area (TPSA) is 63.3 Å². The minimum Gasteiger partial charge on any atom is -0.475 e. The van der Waals surface area contributed by atoms with Crippen LogP contribution in [-0.2, 0) is 6.42 Å². The van der Waals surface area contributed by atoms with Crippen LogP contribution in [0, 0.1) is 5.92 Å². The summed E-state index contributed by atoms with van der Waals surface area (Å²) < 4.78 is 5.47. The number of hydrogen-bond donors (Lipinski definition) is 1. The molecule has 0 bridgehead atoms. The molecule has 1 aromatic rings. The number of aromatic carboxylic acids is 1. The van der Waals surface area contributed by atoms with Crippen molar-refractivity contribution in [2.24, 2.45) is 5.92 Å². The number of nitrogens with zero attached hydrogens (tertiary/aromatic N) is 1. The first-order valence-electron chi connectivity index (χ1n) is 6.36. The number of carbonyl (C=O) groups is 1. The smallest absolute Gasteiger partial charge is 0.373 e. The lowest BCUT2D eigenvalue weighted by Crippen LogP contribution is -2.02. The zero-order valence-electron chi connectivity index (χ0n) is 10.4. The molecule has 1 aliphatic rings. The van der Waals surface area contributed by atoms with Gasteiger partial charge in [-0.05, 0) is 25.2 Å². The Kier molecular flexibility index (Phi) is 3.50. The number of rotatable bonds is 4. The van der Waals surface area contributed by atoms with Gasteiger partial charge in [-0.2, -0.15) is 0 Å². The SMILES string of the molecule is CCCc1nc(C2CCCC2C)oc1C(=O)O. The largest absolute Gasteiger partial charge is 0.475 e. The summed E-state index contributed by atoms with van der Waals surface area (Å²) in [7, 11) is 0. The molecule has 1 heterocycles. The van der Waals surface area contributed by atoms with Gasteiger partial charge in [0.05, 0.1) is 5.69 Å². The summed E-state index contributed by atoms with van der Waals surface area (Å²) in [6.07, 6.45) is 4.98. The van der Waals surface area contributed by atoms with Gasteiger partial charge in [-0.1, -0.05) is 26.7 Å². The van der Waals surface area contributed by atoms with Crippen LogP contribution in [0.15, 0.2) is 4.42 Å². The van der Waals surface area contributed by atoms with E-state index >= 15 is 0 Å². The summed E-state index contributed by atoms with van der Waals surface area (Å²) in [5.74, 6) is 0.526. The van der Waals surface area contributed by atoms with Crippen LogP contribution in [0.1, 0.15) is 67.6 Å². The molecular formula is C13H19NO3. The molecule has 0 spiro atoms. The minimum absolute atomic E-state index is 0.0425. The van der Waals surface area contributed by atoms with Crippen LogP contribution < -0.4 is 0 Å². The third kappa shape index (κ3) is 2.35. The van der Waals surface area contributed by atoms with E-state index in [9.17, 15) is 4.79 Å². The fraction of sp³-hybridized carbons (Fsp3) is 0.692. The molecule has 1 aromatic heterocycles. The Morgan fingerprint density at radius 1 is 1.53 bits per heavy atom. The molecule has 0 amide bonds. The molecule has 1 N–H and O–H groups in total. The molecule has 0 radical (unpaired) electrons. The van der Waals surface area contributed by atoms with Crippen molar-refractivity contribution >= 4 is 5.97 Å². The van der Waals surface area contributed by atoms with Gasteiger partial charge in [-0.3, -0.25) is 0 Å². The minimum atomic E-state index is -1.00. The molecule has 17 heavy (non-hydrogen) atoms. The number of hydrogen-bond acceptors (Lipinski definition) is 3. The standard InChI is InChI=1S/C13H19NO3/c1-3-5-10-11(13(15)16)17-12(14-10)9-7-4-6-8(9)2/h8-9H,3-7H2,1-2H3,(H,15,16). The van der Waals surface area contributed by atoms with Crippen molar-refractivity contribution in [2.75, 3.05) is 0 Å². The van der Waals surface area contributed by atoms with E-state index in [0.29, 0.717) is 29.8 Å². The number of carboxylic acids is 1. The second-order valence-electron chi connectivity index (χ2n) is 4.90. The number of aryl methyl sites for hydroxylation is 1. The Labute approximate surface area is 101 Å². The van der Waals surface area contributed by atoms with Gasteiger partial charge >= 0.3 is 5.97 Å². The molecule has 1 fully saturated rings. The van der Waals surface area contributed by atoms with Crippen molar-refractivity contribution in [3.05, 3.63) is 17.3 Å². The van der Waals surface area contributed by atoms with E-state index in [2.05, 4.69) is 11.9 Å². The lowest BCUT2D eigenvalue weighted by molar-refractivity contribution is 0.0657. The van der Waals surface area contributed by atoms with Crippen LogP contribution in [0.4, 0.5) is 0 Å². The van der Waals surface area contributed by atoms with Crippen molar-refractivity contribution < 1.29 is 14.3 Å². The summed E-state index contributed by atoms with van der Waals surface area (Å²) in [6.45, 7) is 4.19. The van der Waals surface area contributed by atoms with Crippen molar-refractivity contribution in [1.82, 2.24) is 4.98 Å². The van der Waals surface area contributed by atoms with E-state index in [-0.39, 0.29) is 5.76 Å². The zero-order chi connectivity index (χ0) is 12.4. The monoisotopic (exact) mass is 237 g/mol. The van der Waals surface area contributed by atoms with E-state index in [4.69, 9.17) is 9.52 Å². The normalized spacial score (nSPS) is 24.1. The second-order valence-corrected chi connectivity index (χ2v) is 4.90. The molecule has 94 valence electrons. The maximum absolute atomic E-state index is 11.1. The fourth-order valence-electron chi connectivity index (χ4n) is 2.61. The summed E-state index contributed by atoms with van der Waals surface area (Å²) in [6, 6.07) is 0. The first-order chi connectivity index (χ1) is 8.13. The Morgan fingerprint density at radius 3 is 2.82 bits per heavy atom. The molecule has 1 aliphatic carbocycles. The van der Waals surface area contributed by atoms with Crippen molar-refractivity contribution in [2.45, 2.75) is 51.9 Å². The predicted molar refractivity (Wildman–Crippen MR) is 63.2 cm³/mol. The Morgan fingerprint density at radius 2 is 2.29 bits per heavy atom. The third-order valence-electron chi connectivity index (χ3n) is 3.57. The molecule has 2 atom stereocenters. The van der Waals surface area contributed by atoms with Gasteiger partial charge in [0.1, 0.15) is 0 Å². The van der Waals surface area contributed by atoms with Gasteiger partial charge in [0, 0.05) is 5.92 Å². The van der Waals surface area contributed by atoms with Crippen LogP contribution in [0.25, 0.3) is 0 Å². The summed E-state index contributed by atoms with van der Waals surface area (Å²) in [5, 5.41) is 9.08. The molecule has 2 rings (SSSR count). The molecular weight excluding hydrogens is 218 g/mol. The maximum Gasteiger partial charge on any atom is 0.373 e. The van der Waals surface area contributed by atoms with Crippen molar-refractivity contribution in [3.63, 3.8) is 0 Å². The van der Waals surface area contributed by atoms with E-state index in [0.717, 1.165) is 12.8 Å². The average molecular weight is 237 g/mol. The number of aromatic nitrogens is 1. The molecule has 0 aromatic carbocycles. The van der Waals surface area contributed by atoms with Crippen LogP contribution in [0.2, 0.25) is 0 Å². The first-order valence-corrected chi connectivity index (χ1v) is 6.36. The zero-order valence-corrected chi connectivity index (χ0v) is 10.4. The van der Waals surface area contributed by atoms with Gasteiger partial charge in [-0.25, -0.2) is 9.78 Å². The molecule has 1 saturated carbocycles. The van der Waals surface area contributed by atoms with Crippen LogP contribution in [0.5, 0.6) is 0 Å². The lowest BCUT2D eigenvalue weighted by Gasteiger charge is -2.09. The van der Waals surface area contributed by atoms with Crippen LogP contribution >= 0.6 is 0 Å². The number of oxazole rings is 1. The van der Waals surface area contributed by atoms with Gasteiger partial charge in [0.25, 0.3) is 0 Å². The average Bonchev–Trinajstić information content (AvgIpc) is 2.84.